The van der Waals surface area contributed by atoms with E-state index in [1.165, 1.54) is 0 Å². The second-order valence-corrected chi connectivity index (χ2v) is 5.39. The minimum atomic E-state index is -0.144. The Kier molecular flexibility index (Phi) is 4.69. The van der Waals surface area contributed by atoms with Crippen LogP contribution in [0.15, 0.2) is 42.6 Å². The molecule has 2 N–H and O–H groups in total. The summed E-state index contributed by atoms with van der Waals surface area (Å²) in [5.41, 5.74) is 7.26. The molecule has 1 heterocycles. The summed E-state index contributed by atoms with van der Waals surface area (Å²) in [5.74, 6) is 0.373. The molecule has 2 rings (SSSR count). The predicted molar refractivity (Wildman–Crippen MR) is 79.9 cm³/mol. The third-order valence-corrected chi connectivity index (χ3v) is 3.31. The van der Waals surface area contributed by atoms with Crippen LogP contribution in [-0.4, -0.2) is 22.1 Å². The number of carbonyl (C=O) groups is 1. The number of para-hydroxylation sites is 1. The average Bonchev–Trinajstić information content (AvgIpc) is 2.94. The highest BCUT2D eigenvalue weighted by Gasteiger charge is 2.23. The summed E-state index contributed by atoms with van der Waals surface area (Å²) in [6.07, 6.45) is 2.46. The molecule has 2 aromatic rings. The van der Waals surface area contributed by atoms with Crippen LogP contribution in [0.1, 0.15) is 30.8 Å². The van der Waals surface area contributed by atoms with E-state index in [1.807, 2.05) is 30.3 Å². The van der Waals surface area contributed by atoms with Gasteiger partial charge in [0.15, 0.2) is 5.78 Å². The minimum Gasteiger partial charge on any atom is -0.330 e. The summed E-state index contributed by atoms with van der Waals surface area (Å²) in [7, 11) is 0. The van der Waals surface area contributed by atoms with Gasteiger partial charge in [0, 0.05) is 12.5 Å². The standard InChI is InChI=1S/C16H21N3O/c1-12(2)10-13(11-17)16(20)15-8-9-18-19(15)14-6-4-3-5-7-14/h3-9,12-13H,10-11,17H2,1-2H3. The summed E-state index contributed by atoms with van der Waals surface area (Å²) in [6.45, 7) is 4.58. The normalized spacial score (nSPS) is 12.6. The number of nitrogens with two attached hydrogens (primary N) is 1. The molecule has 0 fully saturated rings. The fourth-order valence-electron chi connectivity index (χ4n) is 2.35. The Morgan fingerprint density at radius 2 is 1.95 bits per heavy atom. The van der Waals surface area contributed by atoms with Gasteiger partial charge in [0.25, 0.3) is 0 Å². The lowest BCUT2D eigenvalue weighted by Crippen LogP contribution is -2.27. The summed E-state index contributed by atoms with van der Waals surface area (Å²) in [5, 5.41) is 4.26. The zero-order valence-electron chi connectivity index (χ0n) is 12.0. The molecule has 1 atom stereocenters. The van der Waals surface area contributed by atoms with E-state index >= 15 is 0 Å². The fraction of sp³-hybridized carbons (Fsp3) is 0.375. The zero-order valence-corrected chi connectivity index (χ0v) is 12.0. The Bertz CT molecular complexity index is 560. The van der Waals surface area contributed by atoms with Crippen LogP contribution in [-0.2, 0) is 0 Å². The van der Waals surface area contributed by atoms with Crippen molar-refractivity contribution in [2.24, 2.45) is 17.6 Å². The number of hydrogen-bond acceptors (Lipinski definition) is 3. The van der Waals surface area contributed by atoms with Gasteiger partial charge in [-0.1, -0.05) is 32.0 Å². The Morgan fingerprint density at radius 1 is 1.25 bits per heavy atom. The zero-order chi connectivity index (χ0) is 14.5. The van der Waals surface area contributed by atoms with Crippen LogP contribution in [0, 0.1) is 11.8 Å². The maximum atomic E-state index is 12.6. The van der Waals surface area contributed by atoms with E-state index in [4.69, 9.17) is 5.73 Å². The van der Waals surface area contributed by atoms with E-state index in [0.717, 1.165) is 12.1 Å². The van der Waals surface area contributed by atoms with Gasteiger partial charge in [-0.2, -0.15) is 5.10 Å². The van der Waals surface area contributed by atoms with Crippen molar-refractivity contribution >= 4 is 5.78 Å². The van der Waals surface area contributed by atoms with Crippen LogP contribution in [0.4, 0.5) is 0 Å². The molecule has 0 aliphatic heterocycles. The van der Waals surface area contributed by atoms with E-state index in [-0.39, 0.29) is 11.7 Å². The van der Waals surface area contributed by atoms with Crippen LogP contribution in [0.5, 0.6) is 0 Å². The fourth-order valence-corrected chi connectivity index (χ4v) is 2.35. The molecule has 0 saturated heterocycles. The summed E-state index contributed by atoms with van der Waals surface area (Å²) in [6, 6.07) is 11.4. The third kappa shape index (κ3) is 3.14. The van der Waals surface area contributed by atoms with Crippen molar-refractivity contribution < 1.29 is 4.79 Å². The highest BCUT2D eigenvalue weighted by atomic mass is 16.1. The molecule has 1 aromatic carbocycles. The molecular weight excluding hydrogens is 250 g/mol. The molecule has 0 aliphatic carbocycles. The number of aromatic nitrogens is 2. The predicted octanol–water partition coefficient (Wildman–Crippen LogP) is 2.68. The highest BCUT2D eigenvalue weighted by molar-refractivity contribution is 5.97. The molecular formula is C16H21N3O. The van der Waals surface area contributed by atoms with Crippen molar-refractivity contribution in [3.8, 4) is 5.69 Å². The molecule has 4 nitrogen and oxygen atoms in total. The molecule has 1 aromatic heterocycles. The Labute approximate surface area is 119 Å². The van der Waals surface area contributed by atoms with E-state index in [9.17, 15) is 4.79 Å². The van der Waals surface area contributed by atoms with Gasteiger partial charge in [-0.15, -0.1) is 0 Å². The number of benzene rings is 1. The van der Waals surface area contributed by atoms with Crippen LogP contribution in [0.3, 0.4) is 0 Å². The molecule has 0 spiro atoms. The summed E-state index contributed by atoms with van der Waals surface area (Å²) >= 11 is 0. The van der Waals surface area contributed by atoms with Gasteiger partial charge in [0.2, 0.25) is 0 Å². The number of Topliss-reactive ketones (excluding diaryl/α,β-unsaturated/α-hetero) is 1. The first-order valence-electron chi connectivity index (χ1n) is 6.97. The van der Waals surface area contributed by atoms with Crippen LogP contribution in [0.2, 0.25) is 0 Å². The molecule has 106 valence electrons. The topological polar surface area (TPSA) is 60.9 Å². The molecule has 0 saturated carbocycles. The van der Waals surface area contributed by atoms with Crippen molar-refractivity contribution in [1.29, 1.82) is 0 Å². The lowest BCUT2D eigenvalue weighted by molar-refractivity contribution is 0.0900. The van der Waals surface area contributed by atoms with Crippen molar-refractivity contribution in [3.05, 3.63) is 48.3 Å². The van der Waals surface area contributed by atoms with Crippen molar-refractivity contribution in [3.63, 3.8) is 0 Å². The first-order chi connectivity index (χ1) is 9.63. The van der Waals surface area contributed by atoms with E-state index in [0.29, 0.717) is 18.2 Å². The number of rotatable bonds is 6. The van der Waals surface area contributed by atoms with Gasteiger partial charge in [0.05, 0.1) is 11.9 Å². The smallest absolute Gasteiger partial charge is 0.185 e. The number of carbonyl (C=O) groups excluding carboxylic acids is 1. The maximum absolute atomic E-state index is 12.6. The SMILES string of the molecule is CC(C)CC(CN)C(=O)c1ccnn1-c1ccccc1. The first-order valence-corrected chi connectivity index (χ1v) is 6.97. The van der Waals surface area contributed by atoms with Crippen molar-refractivity contribution in [2.75, 3.05) is 6.54 Å². The molecule has 0 bridgehead atoms. The van der Waals surface area contributed by atoms with E-state index in [1.54, 1.807) is 16.9 Å². The molecule has 20 heavy (non-hydrogen) atoms. The van der Waals surface area contributed by atoms with E-state index < -0.39 is 0 Å². The highest BCUT2D eigenvalue weighted by Crippen LogP contribution is 2.18. The molecule has 1 unspecified atom stereocenters. The second-order valence-electron chi connectivity index (χ2n) is 5.39. The summed E-state index contributed by atoms with van der Waals surface area (Å²) < 4.78 is 1.69. The molecule has 0 radical (unpaired) electrons. The van der Waals surface area contributed by atoms with Gasteiger partial charge >= 0.3 is 0 Å². The molecule has 0 amide bonds. The molecule has 4 heteroatoms. The second kappa shape index (κ2) is 6.48. The monoisotopic (exact) mass is 271 g/mol. The van der Waals surface area contributed by atoms with E-state index in [2.05, 4.69) is 18.9 Å². The van der Waals surface area contributed by atoms with Crippen molar-refractivity contribution in [1.82, 2.24) is 9.78 Å². The lowest BCUT2D eigenvalue weighted by Gasteiger charge is -2.16. The Balaban J connectivity index is 2.30. The number of ketones is 1. The minimum absolute atomic E-state index is 0.0718. The van der Waals surface area contributed by atoms with Gasteiger partial charge in [0.1, 0.15) is 5.69 Å². The van der Waals surface area contributed by atoms with Gasteiger partial charge in [-0.3, -0.25) is 4.79 Å². The molecule has 0 aliphatic rings. The van der Waals surface area contributed by atoms with Gasteiger partial charge in [-0.25, -0.2) is 4.68 Å². The van der Waals surface area contributed by atoms with Crippen LogP contribution < -0.4 is 5.73 Å². The van der Waals surface area contributed by atoms with Crippen molar-refractivity contribution in [2.45, 2.75) is 20.3 Å². The largest absolute Gasteiger partial charge is 0.330 e. The lowest BCUT2D eigenvalue weighted by atomic mass is 9.92. The third-order valence-electron chi connectivity index (χ3n) is 3.31. The Hall–Kier alpha value is -1.94. The van der Waals surface area contributed by atoms with Crippen LogP contribution in [0.25, 0.3) is 5.69 Å². The maximum Gasteiger partial charge on any atom is 0.185 e. The number of hydrogen-bond donors (Lipinski definition) is 1. The van der Waals surface area contributed by atoms with Crippen LogP contribution >= 0.6 is 0 Å². The Morgan fingerprint density at radius 3 is 2.55 bits per heavy atom. The quantitative estimate of drug-likeness (QED) is 0.822. The average molecular weight is 271 g/mol. The summed E-state index contributed by atoms with van der Waals surface area (Å²) in [4.78, 5) is 12.6. The van der Waals surface area contributed by atoms with Gasteiger partial charge in [-0.05, 0) is 30.5 Å². The first kappa shape index (κ1) is 14.5. The van der Waals surface area contributed by atoms with Gasteiger partial charge < -0.3 is 5.73 Å². The number of nitrogens with zero attached hydrogens (tertiary/aromatic N) is 2.